The van der Waals surface area contributed by atoms with Crippen LogP contribution < -0.4 is 5.32 Å². The van der Waals surface area contributed by atoms with E-state index in [1.165, 1.54) is 12.1 Å². The first-order chi connectivity index (χ1) is 7.58. The van der Waals surface area contributed by atoms with Crippen LogP contribution in [0.2, 0.25) is 0 Å². The maximum atomic E-state index is 12.6. The summed E-state index contributed by atoms with van der Waals surface area (Å²) in [6, 6.07) is 5.80. The van der Waals surface area contributed by atoms with Crippen LogP contribution in [-0.2, 0) is 4.79 Å². The first-order valence-electron chi connectivity index (χ1n) is 5.63. The highest BCUT2D eigenvalue weighted by Crippen LogP contribution is 2.10. The Hall–Kier alpha value is -1.38. The average Bonchev–Trinajstić information content (AvgIpc) is 2.21. The SMILES string of the molecule is CC(C)CCCC(=O)Nc1ccc(F)cc1. The number of amides is 1. The monoisotopic (exact) mass is 223 g/mol. The molecular formula is C13H18FNO. The van der Waals surface area contributed by atoms with Gasteiger partial charge < -0.3 is 5.32 Å². The Labute approximate surface area is 95.9 Å². The van der Waals surface area contributed by atoms with E-state index in [0.717, 1.165) is 12.8 Å². The highest BCUT2D eigenvalue weighted by molar-refractivity contribution is 5.90. The number of carbonyl (C=O) groups excluding carboxylic acids is 1. The van der Waals surface area contributed by atoms with E-state index in [9.17, 15) is 9.18 Å². The summed E-state index contributed by atoms with van der Waals surface area (Å²) in [5.41, 5.74) is 0.649. The fraction of sp³-hybridized carbons (Fsp3) is 0.462. The molecular weight excluding hydrogens is 205 g/mol. The predicted octanol–water partition coefficient (Wildman–Crippen LogP) is 3.59. The number of carbonyl (C=O) groups is 1. The van der Waals surface area contributed by atoms with Crippen LogP contribution in [0.1, 0.15) is 33.1 Å². The third-order valence-corrected chi connectivity index (χ3v) is 2.31. The lowest BCUT2D eigenvalue weighted by atomic mass is 10.1. The Kier molecular flexibility index (Phi) is 4.96. The van der Waals surface area contributed by atoms with Gasteiger partial charge in [0.2, 0.25) is 5.91 Å². The summed E-state index contributed by atoms with van der Waals surface area (Å²) in [5.74, 6) is 0.323. The van der Waals surface area contributed by atoms with E-state index in [1.54, 1.807) is 12.1 Å². The molecule has 0 heterocycles. The summed E-state index contributed by atoms with van der Waals surface area (Å²) in [6.07, 6.45) is 2.47. The summed E-state index contributed by atoms with van der Waals surface area (Å²) < 4.78 is 12.6. The third-order valence-electron chi connectivity index (χ3n) is 2.31. The quantitative estimate of drug-likeness (QED) is 0.812. The number of hydrogen-bond donors (Lipinski definition) is 1. The molecule has 1 aromatic carbocycles. The van der Waals surface area contributed by atoms with Crippen molar-refractivity contribution in [2.75, 3.05) is 5.32 Å². The molecule has 0 unspecified atom stereocenters. The van der Waals surface area contributed by atoms with Crippen LogP contribution in [0.15, 0.2) is 24.3 Å². The molecule has 0 aromatic heterocycles. The summed E-state index contributed by atoms with van der Waals surface area (Å²) >= 11 is 0. The van der Waals surface area contributed by atoms with E-state index in [-0.39, 0.29) is 11.7 Å². The van der Waals surface area contributed by atoms with Crippen LogP contribution in [0.4, 0.5) is 10.1 Å². The number of benzene rings is 1. The lowest BCUT2D eigenvalue weighted by Gasteiger charge is -2.06. The molecule has 16 heavy (non-hydrogen) atoms. The van der Waals surface area contributed by atoms with Crippen LogP contribution in [-0.4, -0.2) is 5.91 Å². The molecule has 0 radical (unpaired) electrons. The standard InChI is InChI=1S/C13H18FNO/c1-10(2)4-3-5-13(16)15-12-8-6-11(14)7-9-12/h6-10H,3-5H2,1-2H3,(H,15,16). The summed E-state index contributed by atoms with van der Waals surface area (Å²) in [6.45, 7) is 4.27. The minimum atomic E-state index is -0.294. The number of anilines is 1. The van der Waals surface area contributed by atoms with Crippen molar-refractivity contribution in [2.45, 2.75) is 33.1 Å². The Balaban J connectivity index is 2.31. The first-order valence-corrected chi connectivity index (χ1v) is 5.63. The van der Waals surface area contributed by atoms with Crippen LogP contribution in [0.25, 0.3) is 0 Å². The van der Waals surface area contributed by atoms with Crippen molar-refractivity contribution in [3.05, 3.63) is 30.1 Å². The van der Waals surface area contributed by atoms with E-state index in [0.29, 0.717) is 18.0 Å². The second-order valence-corrected chi connectivity index (χ2v) is 4.34. The van der Waals surface area contributed by atoms with Crippen molar-refractivity contribution < 1.29 is 9.18 Å². The maximum absolute atomic E-state index is 12.6. The molecule has 88 valence electrons. The molecule has 0 aliphatic rings. The fourth-order valence-electron chi connectivity index (χ4n) is 1.43. The van der Waals surface area contributed by atoms with Crippen LogP contribution >= 0.6 is 0 Å². The third kappa shape index (κ3) is 4.91. The van der Waals surface area contributed by atoms with Gasteiger partial charge in [0, 0.05) is 12.1 Å². The molecule has 0 bridgehead atoms. The van der Waals surface area contributed by atoms with E-state index in [2.05, 4.69) is 19.2 Å². The Morgan fingerprint density at radius 1 is 1.31 bits per heavy atom. The largest absolute Gasteiger partial charge is 0.326 e. The molecule has 0 fully saturated rings. The van der Waals surface area contributed by atoms with Gasteiger partial charge in [0.15, 0.2) is 0 Å². The molecule has 0 saturated heterocycles. The van der Waals surface area contributed by atoms with Gasteiger partial charge in [-0.25, -0.2) is 4.39 Å². The van der Waals surface area contributed by atoms with Gasteiger partial charge in [0.25, 0.3) is 0 Å². The van der Waals surface area contributed by atoms with Gasteiger partial charge in [0.05, 0.1) is 0 Å². The Morgan fingerprint density at radius 2 is 1.94 bits per heavy atom. The van der Waals surface area contributed by atoms with Crippen LogP contribution in [0.5, 0.6) is 0 Å². The molecule has 0 aliphatic heterocycles. The lowest BCUT2D eigenvalue weighted by Crippen LogP contribution is -2.11. The second kappa shape index (κ2) is 6.26. The van der Waals surface area contributed by atoms with Gasteiger partial charge in [-0.15, -0.1) is 0 Å². The first kappa shape index (κ1) is 12.7. The normalized spacial score (nSPS) is 10.5. The molecule has 0 spiro atoms. The number of nitrogens with one attached hydrogen (secondary N) is 1. The van der Waals surface area contributed by atoms with E-state index < -0.39 is 0 Å². The van der Waals surface area contributed by atoms with Crippen molar-refractivity contribution in [2.24, 2.45) is 5.92 Å². The van der Waals surface area contributed by atoms with Gasteiger partial charge in [0.1, 0.15) is 5.82 Å². The van der Waals surface area contributed by atoms with E-state index >= 15 is 0 Å². The van der Waals surface area contributed by atoms with Crippen molar-refractivity contribution in [1.82, 2.24) is 0 Å². The summed E-state index contributed by atoms with van der Waals surface area (Å²) in [4.78, 5) is 11.5. The number of halogens is 1. The van der Waals surface area contributed by atoms with E-state index in [1.807, 2.05) is 0 Å². The number of rotatable bonds is 5. The molecule has 0 saturated carbocycles. The smallest absolute Gasteiger partial charge is 0.224 e. The molecule has 1 aromatic rings. The zero-order valence-corrected chi connectivity index (χ0v) is 9.79. The topological polar surface area (TPSA) is 29.1 Å². The predicted molar refractivity (Wildman–Crippen MR) is 63.7 cm³/mol. The van der Waals surface area contributed by atoms with Gasteiger partial charge in [-0.2, -0.15) is 0 Å². The molecule has 1 rings (SSSR count). The van der Waals surface area contributed by atoms with Crippen LogP contribution in [0, 0.1) is 11.7 Å². The fourth-order valence-corrected chi connectivity index (χ4v) is 1.43. The van der Waals surface area contributed by atoms with Gasteiger partial charge in [-0.1, -0.05) is 20.3 Å². The van der Waals surface area contributed by atoms with Crippen molar-refractivity contribution in [1.29, 1.82) is 0 Å². The molecule has 3 heteroatoms. The van der Waals surface area contributed by atoms with Gasteiger partial charge >= 0.3 is 0 Å². The minimum absolute atomic E-state index is 0.00717. The van der Waals surface area contributed by atoms with E-state index in [4.69, 9.17) is 0 Å². The van der Waals surface area contributed by atoms with Crippen molar-refractivity contribution in [3.63, 3.8) is 0 Å². The summed E-state index contributed by atoms with van der Waals surface area (Å²) in [5, 5.41) is 2.74. The lowest BCUT2D eigenvalue weighted by molar-refractivity contribution is -0.116. The van der Waals surface area contributed by atoms with Crippen molar-refractivity contribution in [3.8, 4) is 0 Å². The molecule has 1 N–H and O–H groups in total. The molecule has 1 amide bonds. The Bertz CT molecular complexity index is 332. The van der Waals surface area contributed by atoms with Crippen LogP contribution in [0.3, 0.4) is 0 Å². The Morgan fingerprint density at radius 3 is 2.50 bits per heavy atom. The zero-order valence-electron chi connectivity index (χ0n) is 9.79. The zero-order chi connectivity index (χ0) is 12.0. The van der Waals surface area contributed by atoms with Gasteiger partial charge in [-0.3, -0.25) is 4.79 Å². The maximum Gasteiger partial charge on any atom is 0.224 e. The highest BCUT2D eigenvalue weighted by atomic mass is 19.1. The average molecular weight is 223 g/mol. The van der Waals surface area contributed by atoms with Gasteiger partial charge in [-0.05, 0) is 36.6 Å². The second-order valence-electron chi connectivity index (χ2n) is 4.34. The molecule has 0 atom stereocenters. The molecule has 2 nitrogen and oxygen atoms in total. The summed E-state index contributed by atoms with van der Waals surface area (Å²) in [7, 11) is 0. The number of hydrogen-bond acceptors (Lipinski definition) is 1. The molecule has 0 aliphatic carbocycles. The minimum Gasteiger partial charge on any atom is -0.326 e. The van der Waals surface area contributed by atoms with Crippen molar-refractivity contribution >= 4 is 11.6 Å². The highest BCUT2D eigenvalue weighted by Gasteiger charge is 2.03.